The molecule has 5 nitrogen and oxygen atoms in total. The van der Waals surface area contributed by atoms with Gasteiger partial charge in [-0.25, -0.2) is 0 Å². The average Bonchev–Trinajstić information content (AvgIpc) is 2.80. The van der Waals surface area contributed by atoms with Gasteiger partial charge >= 0.3 is 5.97 Å². The summed E-state index contributed by atoms with van der Waals surface area (Å²) in [5.41, 5.74) is -0.127. The van der Waals surface area contributed by atoms with Crippen LogP contribution in [0.1, 0.15) is 52.9 Å². The predicted octanol–water partition coefficient (Wildman–Crippen LogP) is 2.05. The standard InChI is InChI=1S/C15H23NO4/c1-15(2,3)8-9(7-12(17)18)16-13(19)10-5-4-6-11(10)14(16)20/h9-11H,4-8H2,1-3H3,(H,17,18). The van der Waals surface area contributed by atoms with Gasteiger partial charge in [-0.15, -0.1) is 0 Å². The number of carbonyl (C=O) groups excluding carboxylic acids is 2. The molecule has 5 heteroatoms. The zero-order valence-electron chi connectivity index (χ0n) is 12.4. The smallest absolute Gasteiger partial charge is 0.305 e. The maximum atomic E-state index is 12.4. The summed E-state index contributed by atoms with van der Waals surface area (Å²) in [6.45, 7) is 5.98. The second kappa shape index (κ2) is 5.19. The maximum absolute atomic E-state index is 12.4. The second-order valence-corrected chi connectivity index (χ2v) is 7.21. The van der Waals surface area contributed by atoms with Crippen LogP contribution in [0.2, 0.25) is 0 Å². The molecule has 3 unspecified atom stereocenters. The van der Waals surface area contributed by atoms with E-state index in [0.717, 1.165) is 19.3 Å². The quantitative estimate of drug-likeness (QED) is 0.800. The molecule has 0 aromatic heterocycles. The number of nitrogens with zero attached hydrogens (tertiary/aromatic N) is 1. The van der Waals surface area contributed by atoms with Gasteiger partial charge in [0, 0.05) is 0 Å². The molecule has 1 aliphatic carbocycles. The van der Waals surface area contributed by atoms with Crippen LogP contribution in [0, 0.1) is 17.3 Å². The lowest BCUT2D eigenvalue weighted by molar-refractivity contribution is -0.146. The van der Waals surface area contributed by atoms with Crippen LogP contribution in [0.25, 0.3) is 0 Å². The van der Waals surface area contributed by atoms with Crippen LogP contribution in [0.5, 0.6) is 0 Å². The van der Waals surface area contributed by atoms with Gasteiger partial charge in [-0.05, 0) is 24.7 Å². The molecule has 1 heterocycles. The van der Waals surface area contributed by atoms with E-state index >= 15 is 0 Å². The summed E-state index contributed by atoms with van der Waals surface area (Å²) in [6.07, 6.45) is 2.82. The van der Waals surface area contributed by atoms with Crippen LogP contribution in [-0.4, -0.2) is 33.8 Å². The molecule has 1 N–H and O–H groups in total. The highest BCUT2D eigenvalue weighted by atomic mass is 16.4. The van der Waals surface area contributed by atoms with Gasteiger partial charge in [0.1, 0.15) is 0 Å². The second-order valence-electron chi connectivity index (χ2n) is 7.21. The fraction of sp³-hybridized carbons (Fsp3) is 0.800. The van der Waals surface area contributed by atoms with Crippen LogP contribution in [-0.2, 0) is 14.4 Å². The molecule has 0 radical (unpaired) electrons. The van der Waals surface area contributed by atoms with Crippen LogP contribution in [0.4, 0.5) is 0 Å². The number of likely N-dealkylation sites (tertiary alicyclic amines) is 1. The van der Waals surface area contributed by atoms with Gasteiger partial charge in [0.15, 0.2) is 0 Å². The first kappa shape index (κ1) is 15.0. The van der Waals surface area contributed by atoms with Crippen molar-refractivity contribution in [2.24, 2.45) is 17.3 Å². The van der Waals surface area contributed by atoms with E-state index in [9.17, 15) is 14.4 Å². The number of carboxylic acids is 1. The van der Waals surface area contributed by atoms with Crippen molar-refractivity contribution in [2.45, 2.75) is 58.9 Å². The van der Waals surface area contributed by atoms with Crippen LogP contribution in [0.15, 0.2) is 0 Å². The van der Waals surface area contributed by atoms with Gasteiger partial charge < -0.3 is 5.11 Å². The van der Waals surface area contributed by atoms with E-state index < -0.39 is 12.0 Å². The van der Waals surface area contributed by atoms with Gasteiger partial charge in [-0.1, -0.05) is 27.2 Å². The molecule has 2 fully saturated rings. The number of carboxylic acid groups (broad SMARTS) is 1. The Kier molecular flexibility index (Phi) is 3.89. The minimum atomic E-state index is -0.961. The molecule has 1 saturated heterocycles. The third-order valence-corrected chi connectivity index (χ3v) is 4.25. The summed E-state index contributed by atoms with van der Waals surface area (Å²) in [4.78, 5) is 37.2. The number of carbonyl (C=O) groups is 3. The molecule has 0 aromatic carbocycles. The summed E-state index contributed by atoms with van der Waals surface area (Å²) in [5, 5.41) is 9.07. The van der Waals surface area contributed by atoms with Crippen molar-refractivity contribution in [1.29, 1.82) is 0 Å². The number of aliphatic carboxylic acids is 1. The Bertz CT molecular complexity index is 416. The summed E-state index contributed by atoms with van der Waals surface area (Å²) < 4.78 is 0. The fourth-order valence-electron chi connectivity index (χ4n) is 3.54. The monoisotopic (exact) mass is 281 g/mol. The first-order valence-corrected chi connectivity index (χ1v) is 7.29. The van der Waals surface area contributed by atoms with E-state index in [4.69, 9.17) is 5.11 Å². The fourth-order valence-corrected chi connectivity index (χ4v) is 3.54. The van der Waals surface area contributed by atoms with Gasteiger partial charge in [0.25, 0.3) is 0 Å². The highest BCUT2D eigenvalue weighted by Gasteiger charge is 2.52. The molecule has 2 amide bonds. The van der Waals surface area contributed by atoms with Gasteiger partial charge in [0.05, 0.1) is 24.3 Å². The molecule has 20 heavy (non-hydrogen) atoms. The van der Waals surface area contributed by atoms with E-state index in [-0.39, 0.29) is 35.5 Å². The van der Waals surface area contributed by atoms with E-state index in [2.05, 4.69) is 0 Å². The molecule has 1 aliphatic heterocycles. The van der Waals surface area contributed by atoms with Gasteiger partial charge in [-0.2, -0.15) is 0 Å². The molecule has 0 aromatic rings. The van der Waals surface area contributed by atoms with Crippen molar-refractivity contribution >= 4 is 17.8 Å². The number of rotatable bonds is 4. The minimum absolute atomic E-state index is 0.127. The number of hydrogen-bond acceptors (Lipinski definition) is 3. The molecular weight excluding hydrogens is 258 g/mol. The Morgan fingerprint density at radius 1 is 1.25 bits per heavy atom. The highest BCUT2D eigenvalue weighted by molar-refractivity contribution is 6.06. The Labute approximate surface area is 119 Å². The zero-order chi connectivity index (χ0) is 15.1. The Hall–Kier alpha value is -1.39. The molecule has 0 spiro atoms. The van der Waals surface area contributed by atoms with Gasteiger partial charge in [0.2, 0.25) is 11.8 Å². The van der Waals surface area contributed by atoms with E-state index in [1.807, 2.05) is 20.8 Å². The summed E-state index contributed by atoms with van der Waals surface area (Å²) >= 11 is 0. The molecular formula is C15H23NO4. The van der Waals surface area contributed by atoms with Crippen molar-refractivity contribution in [3.05, 3.63) is 0 Å². The molecule has 3 atom stereocenters. The topological polar surface area (TPSA) is 74.7 Å². The molecule has 2 rings (SSSR count). The van der Waals surface area contributed by atoms with Crippen LogP contribution < -0.4 is 0 Å². The van der Waals surface area contributed by atoms with Crippen molar-refractivity contribution in [1.82, 2.24) is 4.90 Å². The van der Waals surface area contributed by atoms with Crippen LogP contribution >= 0.6 is 0 Å². The Balaban J connectivity index is 2.22. The molecule has 112 valence electrons. The number of amides is 2. The third-order valence-electron chi connectivity index (χ3n) is 4.25. The normalized spacial score (nSPS) is 27.9. The van der Waals surface area contributed by atoms with E-state index in [0.29, 0.717) is 6.42 Å². The summed E-state index contributed by atoms with van der Waals surface area (Å²) in [6, 6.07) is -0.516. The summed E-state index contributed by atoms with van der Waals surface area (Å²) in [5.74, 6) is -1.64. The van der Waals surface area contributed by atoms with Crippen molar-refractivity contribution in [3.8, 4) is 0 Å². The number of hydrogen-bond donors (Lipinski definition) is 1. The molecule has 2 aliphatic rings. The lowest BCUT2D eigenvalue weighted by Gasteiger charge is -2.31. The van der Waals surface area contributed by atoms with Gasteiger partial charge in [-0.3, -0.25) is 19.3 Å². The maximum Gasteiger partial charge on any atom is 0.305 e. The Morgan fingerprint density at radius 2 is 1.75 bits per heavy atom. The first-order valence-electron chi connectivity index (χ1n) is 7.29. The third kappa shape index (κ3) is 2.86. The van der Waals surface area contributed by atoms with E-state index in [1.54, 1.807) is 0 Å². The highest BCUT2D eigenvalue weighted by Crippen LogP contribution is 2.42. The largest absolute Gasteiger partial charge is 0.481 e. The van der Waals surface area contributed by atoms with Crippen LogP contribution in [0.3, 0.4) is 0 Å². The average molecular weight is 281 g/mol. The lowest BCUT2D eigenvalue weighted by atomic mass is 9.86. The molecule has 1 saturated carbocycles. The van der Waals surface area contributed by atoms with E-state index in [1.165, 1.54) is 4.90 Å². The predicted molar refractivity (Wildman–Crippen MR) is 72.8 cm³/mol. The lowest BCUT2D eigenvalue weighted by Crippen LogP contribution is -2.44. The zero-order valence-corrected chi connectivity index (χ0v) is 12.4. The molecule has 0 bridgehead atoms. The van der Waals surface area contributed by atoms with Crippen molar-refractivity contribution < 1.29 is 19.5 Å². The minimum Gasteiger partial charge on any atom is -0.481 e. The Morgan fingerprint density at radius 3 is 2.15 bits per heavy atom. The van der Waals surface area contributed by atoms with Crippen molar-refractivity contribution in [2.75, 3.05) is 0 Å². The summed E-state index contributed by atoms with van der Waals surface area (Å²) in [7, 11) is 0. The first-order chi connectivity index (χ1) is 9.20. The number of imide groups is 1. The van der Waals surface area contributed by atoms with Crippen molar-refractivity contribution in [3.63, 3.8) is 0 Å². The number of fused-ring (bicyclic) bond motifs is 1. The SMILES string of the molecule is CC(C)(C)CC(CC(=O)O)N1C(=O)C2CCCC2C1=O.